The summed E-state index contributed by atoms with van der Waals surface area (Å²) in [5.74, 6) is -0.0394. The van der Waals surface area contributed by atoms with Gasteiger partial charge < -0.3 is 9.73 Å². The van der Waals surface area contributed by atoms with E-state index in [1.54, 1.807) is 6.92 Å². The highest BCUT2D eigenvalue weighted by Gasteiger charge is 2.22. The van der Waals surface area contributed by atoms with Gasteiger partial charge in [0.1, 0.15) is 0 Å². The van der Waals surface area contributed by atoms with Crippen LogP contribution in [-0.4, -0.2) is 32.9 Å². The number of imide groups is 1. The molecular weight excluding hydrogens is 340 g/mol. The van der Waals surface area contributed by atoms with Crippen LogP contribution in [0, 0.1) is 6.92 Å². The van der Waals surface area contributed by atoms with Crippen LogP contribution in [0.4, 0.5) is 4.79 Å². The zero-order valence-electron chi connectivity index (χ0n) is 14.9. The van der Waals surface area contributed by atoms with Gasteiger partial charge in [0.2, 0.25) is 11.8 Å². The number of carbonyl (C=O) groups is 2. The topological polar surface area (TPSA) is 97.1 Å². The lowest BCUT2D eigenvalue weighted by atomic mass is 10.1. The molecule has 0 fully saturated rings. The summed E-state index contributed by atoms with van der Waals surface area (Å²) in [7, 11) is 0. The lowest BCUT2D eigenvalue weighted by molar-refractivity contribution is -0.119. The number of urea groups is 1. The molecule has 8 heteroatoms. The molecule has 134 valence electrons. The average Bonchev–Trinajstić information content (AvgIpc) is 2.94. The van der Waals surface area contributed by atoms with Crippen molar-refractivity contribution in [2.75, 3.05) is 0 Å². The molecule has 1 heterocycles. The number of amides is 3. The van der Waals surface area contributed by atoms with Crippen LogP contribution < -0.4 is 10.6 Å². The molecule has 25 heavy (non-hydrogen) atoms. The molecule has 0 aliphatic heterocycles. The molecule has 0 spiro atoms. The summed E-state index contributed by atoms with van der Waals surface area (Å²) in [6.07, 6.45) is 0. The number of nitrogens with one attached hydrogen (secondary N) is 2. The molecule has 0 saturated heterocycles. The van der Waals surface area contributed by atoms with E-state index < -0.39 is 22.7 Å². The molecule has 0 radical (unpaired) electrons. The van der Waals surface area contributed by atoms with Gasteiger partial charge in [-0.15, -0.1) is 10.2 Å². The van der Waals surface area contributed by atoms with Gasteiger partial charge in [0.15, 0.2) is 0 Å². The summed E-state index contributed by atoms with van der Waals surface area (Å²) >= 11 is 1.10. The largest absolute Gasteiger partial charge is 0.411 e. The van der Waals surface area contributed by atoms with Crippen molar-refractivity contribution in [2.45, 2.75) is 50.6 Å². The van der Waals surface area contributed by atoms with Crippen molar-refractivity contribution in [1.29, 1.82) is 0 Å². The van der Waals surface area contributed by atoms with Gasteiger partial charge in [0, 0.05) is 11.1 Å². The monoisotopic (exact) mass is 362 g/mol. The van der Waals surface area contributed by atoms with Gasteiger partial charge in [0.05, 0.1) is 5.25 Å². The molecule has 0 aliphatic rings. The molecule has 2 aromatic rings. The third-order valence-electron chi connectivity index (χ3n) is 3.08. The van der Waals surface area contributed by atoms with E-state index >= 15 is 0 Å². The molecule has 0 saturated carbocycles. The van der Waals surface area contributed by atoms with Crippen molar-refractivity contribution in [2.24, 2.45) is 0 Å². The summed E-state index contributed by atoms with van der Waals surface area (Å²) in [6.45, 7) is 9.16. The van der Waals surface area contributed by atoms with E-state index in [0.29, 0.717) is 5.89 Å². The van der Waals surface area contributed by atoms with E-state index in [-0.39, 0.29) is 5.22 Å². The Morgan fingerprint density at radius 2 is 1.80 bits per heavy atom. The average molecular weight is 362 g/mol. The van der Waals surface area contributed by atoms with Crippen LogP contribution >= 0.6 is 11.8 Å². The lowest BCUT2D eigenvalue weighted by Crippen LogP contribution is -2.49. The van der Waals surface area contributed by atoms with Crippen molar-refractivity contribution in [3.63, 3.8) is 0 Å². The van der Waals surface area contributed by atoms with Crippen LogP contribution in [0.25, 0.3) is 11.5 Å². The van der Waals surface area contributed by atoms with E-state index in [1.165, 1.54) is 0 Å². The third-order valence-corrected chi connectivity index (χ3v) is 4.01. The SMILES string of the molecule is Cc1ccc(-c2nnc(S[C@@H](C)C(=O)NC(=O)NC(C)(C)C)o2)cc1. The van der Waals surface area contributed by atoms with Crippen molar-refractivity contribution in [3.05, 3.63) is 29.8 Å². The van der Waals surface area contributed by atoms with Crippen LogP contribution in [-0.2, 0) is 4.79 Å². The summed E-state index contributed by atoms with van der Waals surface area (Å²) in [5.41, 5.74) is 1.53. The zero-order valence-corrected chi connectivity index (χ0v) is 15.7. The maximum atomic E-state index is 12.1. The fourth-order valence-corrected chi connectivity index (χ4v) is 2.54. The number of carbonyl (C=O) groups excluding carboxylic acids is 2. The van der Waals surface area contributed by atoms with E-state index in [4.69, 9.17) is 4.42 Å². The summed E-state index contributed by atoms with van der Waals surface area (Å²) < 4.78 is 5.58. The number of aryl methyl sites for hydroxylation is 1. The first-order valence-electron chi connectivity index (χ1n) is 7.84. The van der Waals surface area contributed by atoms with Crippen LogP contribution in [0.3, 0.4) is 0 Å². The Morgan fingerprint density at radius 3 is 2.40 bits per heavy atom. The second-order valence-electron chi connectivity index (χ2n) is 6.69. The molecule has 7 nitrogen and oxygen atoms in total. The maximum absolute atomic E-state index is 12.1. The molecule has 1 atom stereocenters. The van der Waals surface area contributed by atoms with Gasteiger partial charge in [-0.2, -0.15) is 0 Å². The smallest absolute Gasteiger partial charge is 0.321 e. The van der Waals surface area contributed by atoms with Crippen LogP contribution in [0.15, 0.2) is 33.9 Å². The van der Waals surface area contributed by atoms with E-state index in [9.17, 15) is 9.59 Å². The molecule has 0 bridgehead atoms. The van der Waals surface area contributed by atoms with Gasteiger partial charge in [-0.3, -0.25) is 10.1 Å². The van der Waals surface area contributed by atoms with Crippen LogP contribution in [0.1, 0.15) is 33.3 Å². The molecule has 2 rings (SSSR count). The number of aromatic nitrogens is 2. The number of hydrogen-bond acceptors (Lipinski definition) is 6. The highest BCUT2D eigenvalue weighted by atomic mass is 32.2. The number of benzene rings is 1. The third kappa shape index (κ3) is 5.90. The van der Waals surface area contributed by atoms with Gasteiger partial charge >= 0.3 is 6.03 Å². The molecule has 2 N–H and O–H groups in total. The quantitative estimate of drug-likeness (QED) is 0.811. The van der Waals surface area contributed by atoms with Crippen molar-refractivity contribution in [1.82, 2.24) is 20.8 Å². The first-order valence-corrected chi connectivity index (χ1v) is 8.72. The second kappa shape index (κ2) is 7.69. The van der Waals surface area contributed by atoms with Gasteiger partial charge in [0.25, 0.3) is 5.22 Å². The van der Waals surface area contributed by atoms with Crippen molar-refractivity contribution >= 4 is 23.7 Å². The van der Waals surface area contributed by atoms with E-state index in [0.717, 1.165) is 22.9 Å². The molecule has 1 aromatic carbocycles. The number of hydrogen-bond donors (Lipinski definition) is 2. The van der Waals surface area contributed by atoms with Gasteiger partial charge in [-0.05, 0) is 46.8 Å². The molecule has 3 amide bonds. The molecule has 0 aliphatic carbocycles. The predicted molar refractivity (Wildman–Crippen MR) is 96.2 cm³/mol. The normalized spacial score (nSPS) is 12.5. The Bertz CT molecular complexity index is 750. The standard InChI is InChI=1S/C17H22N4O3S/c1-10-6-8-12(9-7-10)14-20-21-16(24-14)25-11(2)13(22)18-15(23)19-17(3,4)5/h6-9,11H,1-5H3,(H2,18,19,22,23)/t11-/m0/s1. The molecule has 1 aromatic heterocycles. The summed E-state index contributed by atoms with van der Waals surface area (Å²) in [4.78, 5) is 23.8. The minimum absolute atomic E-state index is 0.273. The minimum atomic E-state index is -0.558. The number of thioether (sulfide) groups is 1. The first-order chi connectivity index (χ1) is 11.6. The fourth-order valence-electron chi connectivity index (χ4n) is 1.86. The first kappa shape index (κ1) is 19.0. The Kier molecular flexibility index (Phi) is 5.84. The van der Waals surface area contributed by atoms with Crippen LogP contribution in [0.5, 0.6) is 0 Å². The molecular formula is C17H22N4O3S. The highest BCUT2D eigenvalue weighted by molar-refractivity contribution is 8.00. The Balaban J connectivity index is 1.94. The summed E-state index contributed by atoms with van der Waals surface area (Å²) in [5, 5.41) is 12.6. The Hall–Kier alpha value is -2.35. The predicted octanol–water partition coefficient (Wildman–Crippen LogP) is 3.15. The van der Waals surface area contributed by atoms with Crippen molar-refractivity contribution in [3.8, 4) is 11.5 Å². The van der Waals surface area contributed by atoms with Gasteiger partial charge in [-0.25, -0.2) is 4.79 Å². The fraction of sp³-hybridized carbons (Fsp3) is 0.412. The Morgan fingerprint density at radius 1 is 1.16 bits per heavy atom. The van der Waals surface area contributed by atoms with Crippen LogP contribution in [0.2, 0.25) is 0 Å². The van der Waals surface area contributed by atoms with Gasteiger partial charge in [-0.1, -0.05) is 29.5 Å². The summed E-state index contributed by atoms with van der Waals surface area (Å²) in [6, 6.07) is 7.16. The number of nitrogens with zero attached hydrogens (tertiary/aromatic N) is 2. The maximum Gasteiger partial charge on any atom is 0.321 e. The lowest BCUT2D eigenvalue weighted by Gasteiger charge is -2.20. The second-order valence-corrected chi connectivity index (χ2v) is 7.98. The van der Waals surface area contributed by atoms with E-state index in [1.807, 2.05) is 52.0 Å². The number of rotatable bonds is 4. The van der Waals surface area contributed by atoms with E-state index in [2.05, 4.69) is 20.8 Å². The zero-order chi connectivity index (χ0) is 18.6. The van der Waals surface area contributed by atoms with Crippen molar-refractivity contribution < 1.29 is 14.0 Å². The highest BCUT2D eigenvalue weighted by Crippen LogP contribution is 2.26. The Labute approximate surface area is 151 Å². The molecule has 0 unspecified atom stereocenters. The minimum Gasteiger partial charge on any atom is -0.411 e.